The lowest BCUT2D eigenvalue weighted by Gasteiger charge is -2.28. The Balaban J connectivity index is 1.92. The van der Waals surface area contributed by atoms with Crippen LogP contribution in [0.2, 0.25) is 15.1 Å². The number of hydrogen-bond acceptors (Lipinski definition) is 2. The molecule has 0 spiro atoms. The summed E-state index contributed by atoms with van der Waals surface area (Å²) < 4.78 is 0. The first kappa shape index (κ1) is 21.4. The second-order valence-corrected chi connectivity index (χ2v) is 8.69. The maximum Gasteiger partial charge on any atom is 0.163 e. The summed E-state index contributed by atoms with van der Waals surface area (Å²) >= 11 is 18.3. The van der Waals surface area contributed by atoms with E-state index >= 15 is 0 Å². The third-order valence-corrected chi connectivity index (χ3v) is 6.52. The van der Waals surface area contributed by atoms with Crippen LogP contribution in [-0.2, 0) is 4.79 Å². The topological polar surface area (TPSA) is 34.1 Å². The molecular formula is C23H23Cl3O2. The fourth-order valence-corrected chi connectivity index (χ4v) is 4.41. The van der Waals surface area contributed by atoms with Crippen molar-refractivity contribution >= 4 is 46.4 Å². The molecule has 1 aliphatic rings. The number of ketones is 2. The van der Waals surface area contributed by atoms with Gasteiger partial charge in [-0.1, -0.05) is 60.1 Å². The van der Waals surface area contributed by atoms with Gasteiger partial charge in [0.2, 0.25) is 0 Å². The van der Waals surface area contributed by atoms with Crippen LogP contribution in [0.5, 0.6) is 0 Å². The minimum Gasteiger partial charge on any atom is -0.299 e. The molecule has 0 radical (unpaired) electrons. The van der Waals surface area contributed by atoms with Crippen LogP contribution >= 0.6 is 34.8 Å². The maximum atomic E-state index is 13.0. The molecule has 2 atom stereocenters. The Hall–Kier alpha value is -1.35. The second kappa shape index (κ2) is 9.91. The van der Waals surface area contributed by atoms with Crippen molar-refractivity contribution in [2.75, 3.05) is 0 Å². The predicted octanol–water partition coefficient (Wildman–Crippen LogP) is 7.54. The van der Waals surface area contributed by atoms with Gasteiger partial charge in [-0.05, 0) is 54.8 Å². The van der Waals surface area contributed by atoms with Crippen molar-refractivity contribution < 1.29 is 9.59 Å². The molecule has 2 nitrogen and oxygen atoms in total. The van der Waals surface area contributed by atoms with Gasteiger partial charge in [0.1, 0.15) is 5.78 Å². The normalized spacial score (nSPS) is 19.0. The second-order valence-electron chi connectivity index (χ2n) is 7.44. The smallest absolute Gasteiger partial charge is 0.163 e. The van der Waals surface area contributed by atoms with E-state index in [-0.39, 0.29) is 29.8 Å². The molecule has 28 heavy (non-hydrogen) atoms. The van der Waals surface area contributed by atoms with Gasteiger partial charge in [0, 0.05) is 35.3 Å². The fourth-order valence-electron chi connectivity index (χ4n) is 3.98. The van der Waals surface area contributed by atoms with Gasteiger partial charge in [-0.3, -0.25) is 9.59 Å². The third-order valence-electron chi connectivity index (χ3n) is 5.53. The molecule has 1 fully saturated rings. The highest BCUT2D eigenvalue weighted by Crippen LogP contribution is 2.38. The van der Waals surface area contributed by atoms with Crippen LogP contribution in [0.3, 0.4) is 0 Å². The van der Waals surface area contributed by atoms with Crippen molar-refractivity contribution in [2.45, 2.75) is 50.9 Å². The van der Waals surface area contributed by atoms with E-state index in [0.717, 1.165) is 37.7 Å². The Bertz CT molecular complexity index is 845. The standard InChI is InChI=1S/C23H23Cl3O2/c24-17-10-7-15(8-11-17)23(28)14-19(16-9-12-20(25)21(26)13-16)18-5-3-1-2-4-6-22(18)27/h7-13,18-19H,1-6,14H2/t18-,19+/m1/s1. The molecule has 2 aromatic carbocycles. The summed E-state index contributed by atoms with van der Waals surface area (Å²) in [7, 11) is 0. The Kier molecular flexibility index (Phi) is 7.56. The summed E-state index contributed by atoms with van der Waals surface area (Å²) in [5, 5.41) is 1.51. The molecule has 1 saturated carbocycles. The molecule has 1 aliphatic carbocycles. The number of benzene rings is 2. The van der Waals surface area contributed by atoms with E-state index in [4.69, 9.17) is 34.8 Å². The maximum absolute atomic E-state index is 13.0. The van der Waals surface area contributed by atoms with Gasteiger partial charge >= 0.3 is 0 Å². The average molecular weight is 438 g/mol. The van der Waals surface area contributed by atoms with Crippen molar-refractivity contribution in [1.82, 2.24) is 0 Å². The highest BCUT2D eigenvalue weighted by Gasteiger charge is 2.32. The van der Waals surface area contributed by atoms with Crippen molar-refractivity contribution in [3.63, 3.8) is 0 Å². The Labute approximate surface area is 181 Å². The number of rotatable bonds is 5. The zero-order valence-electron chi connectivity index (χ0n) is 15.6. The average Bonchev–Trinajstić information content (AvgIpc) is 2.66. The minimum atomic E-state index is -0.205. The van der Waals surface area contributed by atoms with E-state index in [9.17, 15) is 9.59 Å². The number of carbonyl (C=O) groups is 2. The van der Waals surface area contributed by atoms with Crippen LogP contribution in [0, 0.1) is 5.92 Å². The summed E-state index contributed by atoms with van der Waals surface area (Å²) in [4.78, 5) is 25.9. The number of hydrogen-bond donors (Lipinski definition) is 0. The lowest BCUT2D eigenvalue weighted by molar-refractivity contribution is -0.124. The van der Waals surface area contributed by atoms with Crippen molar-refractivity contribution in [1.29, 1.82) is 0 Å². The van der Waals surface area contributed by atoms with Crippen LogP contribution in [0.4, 0.5) is 0 Å². The monoisotopic (exact) mass is 436 g/mol. The van der Waals surface area contributed by atoms with E-state index in [1.165, 1.54) is 0 Å². The van der Waals surface area contributed by atoms with Crippen molar-refractivity contribution in [2.24, 2.45) is 5.92 Å². The summed E-state index contributed by atoms with van der Waals surface area (Å²) in [6.07, 6.45) is 5.80. The zero-order chi connectivity index (χ0) is 20.1. The Morgan fingerprint density at radius 1 is 0.929 bits per heavy atom. The summed E-state index contributed by atoms with van der Waals surface area (Å²) in [5.74, 6) is -0.125. The first-order valence-electron chi connectivity index (χ1n) is 9.72. The van der Waals surface area contributed by atoms with E-state index in [1.54, 1.807) is 36.4 Å². The van der Waals surface area contributed by atoms with Crippen LogP contribution in [0.25, 0.3) is 0 Å². The van der Waals surface area contributed by atoms with Gasteiger partial charge in [0.15, 0.2) is 5.78 Å². The van der Waals surface area contributed by atoms with Gasteiger partial charge in [-0.25, -0.2) is 0 Å². The van der Waals surface area contributed by atoms with Crippen LogP contribution in [0.15, 0.2) is 42.5 Å². The lowest BCUT2D eigenvalue weighted by atomic mass is 9.75. The highest BCUT2D eigenvalue weighted by molar-refractivity contribution is 6.42. The fraction of sp³-hybridized carbons (Fsp3) is 0.391. The molecule has 0 N–H and O–H groups in total. The number of Topliss-reactive ketones (excluding diaryl/α,β-unsaturated/α-hetero) is 2. The van der Waals surface area contributed by atoms with Gasteiger partial charge in [0.05, 0.1) is 10.0 Å². The Morgan fingerprint density at radius 3 is 2.36 bits per heavy atom. The largest absolute Gasteiger partial charge is 0.299 e. The van der Waals surface area contributed by atoms with Crippen LogP contribution in [-0.4, -0.2) is 11.6 Å². The summed E-state index contributed by atoms with van der Waals surface area (Å²) in [5.41, 5.74) is 1.50. The summed E-state index contributed by atoms with van der Waals surface area (Å²) in [6.45, 7) is 0. The molecular weight excluding hydrogens is 415 g/mol. The van der Waals surface area contributed by atoms with E-state index < -0.39 is 0 Å². The lowest BCUT2D eigenvalue weighted by Crippen LogP contribution is -2.26. The Morgan fingerprint density at radius 2 is 1.64 bits per heavy atom. The molecule has 0 bridgehead atoms. The van der Waals surface area contributed by atoms with Crippen molar-refractivity contribution in [3.8, 4) is 0 Å². The first-order valence-corrected chi connectivity index (χ1v) is 10.9. The molecule has 148 valence electrons. The minimum absolute atomic E-state index is 0.00241. The molecule has 0 aliphatic heterocycles. The molecule has 0 amide bonds. The van der Waals surface area contributed by atoms with Gasteiger partial charge < -0.3 is 0 Å². The first-order chi connectivity index (χ1) is 13.5. The molecule has 0 saturated heterocycles. The summed E-state index contributed by atoms with van der Waals surface area (Å²) in [6, 6.07) is 12.3. The van der Waals surface area contributed by atoms with Gasteiger partial charge in [0.25, 0.3) is 0 Å². The quantitative estimate of drug-likeness (QED) is 0.453. The molecule has 0 heterocycles. The predicted molar refractivity (Wildman–Crippen MR) is 116 cm³/mol. The SMILES string of the molecule is O=C(C[C@@H](c1ccc(Cl)c(Cl)c1)[C@H]1CCCCCCC1=O)c1ccc(Cl)cc1. The molecule has 5 heteroatoms. The van der Waals surface area contributed by atoms with E-state index in [2.05, 4.69) is 0 Å². The molecule has 0 aromatic heterocycles. The number of carbonyl (C=O) groups excluding carboxylic acids is 2. The number of halogens is 3. The third kappa shape index (κ3) is 5.37. The van der Waals surface area contributed by atoms with Crippen molar-refractivity contribution in [3.05, 3.63) is 68.7 Å². The van der Waals surface area contributed by atoms with Crippen LogP contribution in [0.1, 0.15) is 66.8 Å². The van der Waals surface area contributed by atoms with Gasteiger partial charge in [-0.15, -0.1) is 0 Å². The van der Waals surface area contributed by atoms with Gasteiger partial charge in [-0.2, -0.15) is 0 Å². The molecule has 2 aromatic rings. The molecule has 0 unspecified atom stereocenters. The van der Waals surface area contributed by atoms with Crippen LogP contribution < -0.4 is 0 Å². The zero-order valence-corrected chi connectivity index (χ0v) is 17.9. The highest BCUT2D eigenvalue weighted by atomic mass is 35.5. The van der Waals surface area contributed by atoms with E-state index in [1.807, 2.05) is 6.07 Å². The molecule has 3 rings (SSSR count). The van der Waals surface area contributed by atoms with E-state index in [0.29, 0.717) is 27.1 Å².